The van der Waals surface area contributed by atoms with Gasteiger partial charge in [-0.15, -0.1) is 0 Å². The van der Waals surface area contributed by atoms with Crippen LogP contribution in [-0.4, -0.2) is 23.2 Å². The Balaban J connectivity index is 2.57. The lowest BCUT2D eigenvalue weighted by Crippen LogP contribution is -1.99. The Labute approximate surface area is 70.1 Å². The molecule has 5 nitrogen and oxygen atoms in total. The number of anilines is 1. The van der Waals surface area contributed by atoms with E-state index in [0.717, 1.165) is 6.42 Å². The first-order valence-corrected chi connectivity index (χ1v) is 3.74. The Morgan fingerprint density at radius 3 is 3.33 bits per heavy atom. The Kier molecular flexibility index (Phi) is 3.13. The maximum absolute atomic E-state index is 10.1. The van der Waals surface area contributed by atoms with E-state index in [2.05, 4.69) is 15.5 Å². The molecule has 1 rings (SSSR count). The summed E-state index contributed by atoms with van der Waals surface area (Å²) in [6.45, 7) is 2.61. The monoisotopic (exact) mass is 169 g/mol. The van der Waals surface area contributed by atoms with Crippen LogP contribution in [0.5, 0.6) is 5.88 Å². The molecule has 0 bridgehead atoms. The van der Waals surface area contributed by atoms with E-state index < -0.39 is 0 Å². The average molecular weight is 169 g/mol. The summed E-state index contributed by atoms with van der Waals surface area (Å²) in [6, 6.07) is 0. The molecule has 0 fully saturated rings. The number of nitrogens with one attached hydrogen (secondary N) is 2. The van der Waals surface area contributed by atoms with Gasteiger partial charge in [-0.05, 0) is 6.42 Å². The Bertz CT molecular complexity index is 247. The Morgan fingerprint density at radius 1 is 1.83 bits per heavy atom. The van der Waals surface area contributed by atoms with Crippen LogP contribution in [0.25, 0.3) is 0 Å². The van der Waals surface area contributed by atoms with Crippen molar-refractivity contribution in [2.24, 2.45) is 0 Å². The molecule has 12 heavy (non-hydrogen) atoms. The summed E-state index contributed by atoms with van der Waals surface area (Å²) in [5, 5.41) is 8.82. The van der Waals surface area contributed by atoms with Crippen molar-refractivity contribution in [2.45, 2.75) is 13.3 Å². The van der Waals surface area contributed by atoms with Crippen molar-refractivity contribution in [1.82, 2.24) is 10.2 Å². The van der Waals surface area contributed by atoms with E-state index in [1.165, 1.54) is 6.20 Å². The predicted molar refractivity (Wildman–Crippen MR) is 44.1 cm³/mol. The number of amides is 1. The summed E-state index contributed by atoms with van der Waals surface area (Å²) in [6.07, 6.45) is 3.00. The van der Waals surface area contributed by atoms with Gasteiger partial charge in [0.1, 0.15) is 5.69 Å². The summed E-state index contributed by atoms with van der Waals surface area (Å²) in [5.74, 6) is 0.504. The molecule has 0 aliphatic rings. The van der Waals surface area contributed by atoms with Crippen LogP contribution in [0.4, 0.5) is 5.69 Å². The van der Waals surface area contributed by atoms with E-state index in [1.54, 1.807) is 0 Å². The van der Waals surface area contributed by atoms with Gasteiger partial charge in [0.25, 0.3) is 0 Å². The van der Waals surface area contributed by atoms with E-state index in [-0.39, 0.29) is 0 Å². The molecular formula is C7H11N3O2. The molecule has 0 spiro atoms. The molecule has 1 heterocycles. The number of carbonyl (C=O) groups excluding carboxylic acids is 1. The first-order valence-electron chi connectivity index (χ1n) is 3.74. The fourth-order valence-electron chi connectivity index (χ4n) is 0.755. The smallest absolute Gasteiger partial charge is 0.233 e. The summed E-state index contributed by atoms with van der Waals surface area (Å²) in [7, 11) is 0. The third kappa shape index (κ3) is 1.98. The average Bonchev–Trinajstić information content (AvgIpc) is 2.50. The van der Waals surface area contributed by atoms with Crippen LogP contribution < -0.4 is 10.1 Å². The Morgan fingerprint density at radius 2 is 2.67 bits per heavy atom. The maximum Gasteiger partial charge on any atom is 0.233 e. The number of hydrogen-bond acceptors (Lipinski definition) is 3. The fourth-order valence-corrected chi connectivity index (χ4v) is 0.755. The van der Waals surface area contributed by atoms with Crippen LogP contribution in [0.1, 0.15) is 13.3 Å². The van der Waals surface area contributed by atoms with Crippen molar-refractivity contribution in [3.8, 4) is 5.88 Å². The lowest BCUT2D eigenvalue weighted by atomic mass is 10.5. The molecule has 0 aliphatic carbocycles. The van der Waals surface area contributed by atoms with Crippen molar-refractivity contribution in [3.63, 3.8) is 0 Å². The van der Waals surface area contributed by atoms with Gasteiger partial charge in [0.15, 0.2) is 0 Å². The maximum atomic E-state index is 10.1. The van der Waals surface area contributed by atoms with Gasteiger partial charge in [-0.1, -0.05) is 6.92 Å². The molecule has 1 aromatic heterocycles. The topological polar surface area (TPSA) is 67.0 Å². The highest BCUT2D eigenvalue weighted by Gasteiger charge is 2.03. The van der Waals surface area contributed by atoms with Crippen LogP contribution >= 0.6 is 0 Å². The largest absolute Gasteiger partial charge is 0.477 e. The quantitative estimate of drug-likeness (QED) is 0.639. The normalized spacial score (nSPS) is 9.42. The summed E-state index contributed by atoms with van der Waals surface area (Å²) < 4.78 is 5.24. The molecule has 0 radical (unpaired) electrons. The molecule has 0 saturated heterocycles. The van der Waals surface area contributed by atoms with Gasteiger partial charge in [0.2, 0.25) is 12.3 Å². The van der Waals surface area contributed by atoms with Gasteiger partial charge in [-0.2, -0.15) is 5.10 Å². The number of carbonyl (C=O) groups is 1. The van der Waals surface area contributed by atoms with Crippen LogP contribution in [0.3, 0.4) is 0 Å². The highest BCUT2D eigenvalue weighted by atomic mass is 16.5. The second-order valence-corrected chi connectivity index (χ2v) is 2.22. The van der Waals surface area contributed by atoms with Crippen LogP contribution in [-0.2, 0) is 4.79 Å². The van der Waals surface area contributed by atoms with Crippen molar-refractivity contribution >= 4 is 12.1 Å². The van der Waals surface area contributed by atoms with Gasteiger partial charge in [-0.25, -0.2) is 5.10 Å². The molecule has 1 amide bonds. The SMILES string of the molecule is CCCOc1[nH]ncc1NC=O. The zero-order valence-corrected chi connectivity index (χ0v) is 6.83. The van der Waals surface area contributed by atoms with Crippen LogP contribution in [0, 0.1) is 0 Å². The Hall–Kier alpha value is -1.52. The first kappa shape index (κ1) is 8.58. The van der Waals surface area contributed by atoms with Gasteiger partial charge in [0.05, 0.1) is 12.8 Å². The molecule has 0 saturated carbocycles. The summed E-state index contributed by atoms with van der Waals surface area (Å²) in [4.78, 5) is 10.1. The molecule has 2 N–H and O–H groups in total. The van der Waals surface area contributed by atoms with E-state index in [0.29, 0.717) is 24.6 Å². The molecule has 0 aliphatic heterocycles. The molecule has 66 valence electrons. The lowest BCUT2D eigenvalue weighted by molar-refractivity contribution is -0.105. The van der Waals surface area contributed by atoms with Gasteiger partial charge in [0, 0.05) is 0 Å². The van der Waals surface area contributed by atoms with Crippen LogP contribution in [0.15, 0.2) is 6.20 Å². The van der Waals surface area contributed by atoms with E-state index in [4.69, 9.17) is 4.74 Å². The number of aromatic nitrogens is 2. The van der Waals surface area contributed by atoms with Crippen molar-refractivity contribution in [2.75, 3.05) is 11.9 Å². The minimum absolute atomic E-state index is 0.504. The van der Waals surface area contributed by atoms with Crippen molar-refractivity contribution < 1.29 is 9.53 Å². The zero-order valence-electron chi connectivity index (χ0n) is 6.83. The number of nitrogens with zero attached hydrogens (tertiary/aromatic N) is 1. The standard InChI is InChI=1S/C7H11N3O2/c1-2-3-12-7-6(8-5-11)4-9-10-7/h4-5H,2-3H2,1H3,(H,8,11)(H,9,10). The molecule has 0 aromatic carbocycles. The third-order valence-corrected chi connectivity index (χ3v) is 1.27. The zero-order chi connectivity index (χ0) is 8.81. The molecular weight excluding hydrogens is 158 g/mol. The van der Waals surface area contributed by atoms with Gasteiger partial charge < -0.3 is 10.1 Å². The van der Waals surface area contributed by atoms with Crippen molar-refractivity contribution in [3.05, 3.63) is 6.20 Å². The number of ether oxygens (including phenoxy) is 1. The summed E-state index contributed by atoms with van der Waals surface area (Å²) >= 11 is 0. The predicted octanol–water partition coefficient (Wildman–Crippen LogP) is 0.767. The fraction of sp³-hybridized carbons (Fsp3) is 0.429. The molecule has 0 unspecified atom stereocenters. The van der Waals surface area contributed by atoms with Crippen LogP contribution in [0.2, 0.25) is 0 Å². The first-order chi connectivity index (χ1) is 5.88. The van der Waals surface area contributed by atoms with E-state index in [9.17, 15) is 4.79 Å². The number of H-pyrrole nitrogens is 1. The molecule has 1 aromatic rings. The van der Waals surface area contributed by atoms with E-state index in [1.807, 2.05) is 6.92 Å². The van der Waals surface area contributed by atoms with Gasteiger partial charge >= 0.3 is 0 Å². The van der Waals surface area contributed by atoms with E-state index >= 15 is 0 Å². The molecule has 5 heteroatoms. The number of rotatable bonds is 5. The minimum Gasteiger partial charge on any atom is -0.477 e. The minimum atomic E-state index is 0.504. The lowest BCUT2D eigenvalue weighted by Gasteiger charge is -2.02. The third-order valence-electron chi connectivity index (χ3n) is 1.27. The second-order valence-electron chi connectivity index (χ2n) is 2.22. The second kappa shape index (κ2) is 4.38. The summed E-state index contributed by atoms with van der Waals surface area (Å²) in [5.41, 5.74) is 0.568. The van der Waals surface area contributed by atoms with Crippen molar-refractivity contribution in [1.29, 1.82) is 0 Å². The molecule has 0 atom stereocenters. The number of aromatic amines is 1. The highest BCUT2D eigenvalue weighted by Crippen LogP contribution is 2.18. The van der Waals surface area contributed by atoms with Gasteiger partial charge in [-0.3, -0.25) is 4.79 Å². The number of hydrogen-bond donors (Lipinski definition) is 2. The highest BCUT2D eigenvalue weighted by molar-refractivity contribution is 5.73.